The lowest BCUT2D eigenvalue weighted by atomic mass is 10.2. The van der Waals surface area contributed by atoms with Crippen molar-refractivity contribution in [2.45, 2.75) is 0 Å². The topological polar surface area (TPSA) is 49.3 Å². The molecular weight excluding hydrogens is 356 g/mol. The Labute approximate surface area is 126 Å². The van der Waals surface area contributed by atoms with Crippen molar-refractivity contribution in [1.82, 2.24) is 0 Å². The van der Waals surface area contributed by atoms with Crippen molar-refractivity contribution in [2.75, 3.05) is 5.32 Å². The van der Waals surface area contributed by atoms with Crippen molar-refractivity contribution in [3.8, 4) is 0 Å². The second-order valence-corrected chi connectivity index (χ2v) is 5.19. The summed E-state index contributed by atoms with van der Waals surface area (Å²) < 4.78 is 28.2. The number of halogens is 4. The Morgan fingerprint density at radius 1 is 1.20 bits per heavy atom. The second-order valence-electron chi connectivity index (χ2n) is 3.87. The SMILES string of the molecule is O=C(O)c1cc(F)c(Nc2cc(Br)ccc2Cl)c(F)c1. The molecule has 0 bridgehead atoms. The Balaban J connectivity index is 2.44. The molecule has 0 amide bonds. The summed E-state index contributed by atoms with van der Waals surface area (Å²) >= 11 is 9.12. The molecule has 0 radical (unpaired) electrons. The quantitative estimate of drug-likeness (QED) is 0.823. The molecule has 0 saturated heterocycles. The fourth-order valence-electron chi connectivity index (χ4n) is 1.54. The highest BCUT2D eigenvalue weighted by molar-refractivity contribution is 9.10. The van der Waals surface area contributed by atoms with Gasteiger partial charge in [-0.3, -0.25) is 0 Å². The van der Waals surface area contributed by atoms with E-state index < -0.39 is 28.9 Å². The summed E-state index contributed by atoms with van der Waals surface area (Å²) in [5, 5.41) is 11.5. The van der Waals surface area contributed by atoms with E-state index in [1.807, 2.05) is 0 Å². The first-order valence-electron chi connectivity index (χ1n) is 5.33. The van der Waals surface area contributed by atoms with Crippen molar-refractivity contribution >= 4 is 44.9 Å². The lowest BCUT2D eigenvalue weighted by Gasteiger charge is -2.11. The van der Waals surface area contributed by atoms with E-state index in [9.17, 15) is 13.6 Å². The van der Waals surface area contributed by atoms with Gasteiger partial charge in [0.15, 0.2) is 11.6 Å². The summed E-state index contributed by atoms with van der Waals surface area (Å²) in [6.07, 6.45) is 0. The van der Waals surface area contributed by atoms with Crippen molar-refractivity contribution in [3.63, 3.8) is 0 Å². The van der Waals surface area contributed by atoms with Crippen molar-refractivity contribution < 1.29 is 18.7 Å². The van der Waals surface area contributed by atoms with Gasteiger partial charge in [0.2, 0.25) is 0 Å². The summed E-state index contributed by atoms with van der Waals surface area (Å²) in [5.74, 6) is -3.44. The maximum atomic E-state index is 13.8. The number of hydrogen-bond acceptors (Lipinski definition) is 2. The molecule has 3 nitrogen and oxygen atoms in total. The van der Waals surface area contributed by atoms with Crippen LogP contribution in [0.25, 0.3) is 0 Å². The average Bonchev–Trinajstić information content (AvgIpc) is 2.37. The third kappa shape index (κ3) is 3.08. The molecule has 0 saturated carbocycles. The van der Waals surface area contributed by atoms with Gasteiger partial charge in [0.25, 0.3) is 0 Å². The molecule has 0 aromatic heterocycles. The van der Waals surface area contributed by atoms with Crippen LogP contribution < -0.4 is 5.32 Å². The fraction of sp³-hybridized carbons (Fsp3) is 0. The minimum atomic E-state index is -1.41. The third-order valence-electron chi connectivity index (χ3n) is 2.48. The fourth-order valence-corrected chi connectivity index (χ4v) is 2.07. The molecule has 0 unspecified atom stereocenters. The predicted molar refractivity (Wildman–Crippen MR) is 75.8 cm³/mol. The molecular formula is C13H7BrClF2NO2. The van der Waals surface area contributed by atoms with Crippen LogP contribution in [-0.2, 0) is 0 Å². The molecule has 0 aliphatic rings. The Morgan fingerprint density at radius 2 is 1.80 bits per heavy atom. The van der Waals surface area contributed by atoms with E-state index in [1.54, 1.807) is 18.2 Å². The van der Waals surface area contributed by atoms with E-state index >= 15 is 0 Å². The van der Waals surface area contributed by atoms with Crippen molar-refractivity contribution in [2.24, 2.45) is 0 Å². The predicted octanol–water partition coefficient (Wildman–Crippen LogP) is 4.82. The number of aromatic carboxylic acids is 1. The van der Waals surface area contributed by atoms with Gasteiger partial charge < -0.3 is 10.4 Å². The van der Waals surface area contributed by atoms with Crippen LogP contribution in [0.15, 0.2) is 34.8 Å². The molecule has 0 fully saturated rings. The summed E-state index contributed by atoms with van der Waals surface area (Å²) in [6.45, 7) is 0. The number of rotatable bonds is 3. The van der Waals surface area contributed by atoms with Gasteiger partial charge in [0.1, 0.15) is 5.69 Å². The van der Waals surface area contributed by atoms with Gasteiger partial charge in [0, 0.05) is 4.47 Å². The highest BCUT2D eigenvalue weighted by atomic mass is 79.9. The smallest absolute Gasteiger partial charge is 0.335 e. The van der Waals surface area contributed by atoms with Crippen molar-refractivity contribution in [3.05, 3.63) is 57.0 Å². The van der Waals surface area contributed by atoms with Crippen molar-refractivity contribution in [1.29, 1.82) is 0 Å². The van der Waals surface area contributed by atoms with E-state index in [0.717, 1.165) is 12.1 Å². The summed E-state index contributed by atoms with van der Waals surface area (Å²) in [4.78, 5) is 10.7. The normalized spacial score (nSPS) is 10.4. The maximum Gasteiger partial charge on any atom is 0.335 e. The molecule has 7 heteroatoms. The third-order valence-corrected chi connectivity index (χ3v) is 3.30. The van der Waals surface area contributed by atoms with E-state index in [1.165, 1.54) is 0 Å². The number of carboxylic acids is 1. The number of anilines is 2. The number of hydrogen-bond donors (Lipinski definition) is 2. The highest BCUT2D eigenvalue weighted by Gasteiger charge is 2.15. The largest absolute Gasteiger partial charge is 0.478 e. The summed E-state index contributed by atoms with van der Waals surface area (Å²) in [5.41, 5.74) is -0.636. The van der Waals surface area contributed by atoms with Gasteiger partial charge in [-0.25, -0.2) is 13.6 Å². The number of carboxylic acid groups (broad SMARTS) is 1. The van der Waals surface area contributed by atoms with Crippen LogP contribution >= 0.6 is 27.5 Å². The van der Waals surface area contributed by atoms with Gasteiger partial charge >= 0.3 is 5.97 Å². The van der Waals surface area contributed by atoms with Gasteiger partial charge in [-0.15, -0.1) is 0 Å². The Morgan fingerprint density at radius 3 is 2.35 bits per heavy atom. The van der Waals surface area contributed by atoms with Crippen LogP contribution in [0, 0.1) is 11.6 Å². The monoisotopic (exact) mass is 361 g/mol. The number of carbonyl (C=O) groups is 1. The molecule has 20 heavy (non-hydrogen) atoms. The van der Waals surface area contributed by atoms with Gasteiger partial charge in [0.05, 0.1) is 16.3 Å². The first kappa shape index (κ1) is 14.7. The Kier molecular flexibility index (Phi) is 4.25. The first-order valence-corrected chi connectivity index (χ1v) is 6.50. The van der Waals surface area contributed by atoms with Crippen LogP contribution in [0.5, 0.6) is 0 Å². The number of benzene rings is 2. The maximum absolute atomic E-state index is 13.8. The van der Waals surface area contributed by atoms with Crippen LogP contribution in [0.1, 0.15) is 10.4 Å². The van der Waals surface area contributed by atoms with Crippen LogP contribution in [0.2, 0.25) is 5.02 Å². The highest BCUT2D eigenvalue weighted by Crippen LogP contribution is 2.31. The van der Waals surface area contributed by atoms with Gasteiger partial charge in [-0.2, -0.15) is 0 Å². The number of nitrogens with one attached hydrogen (secondary N) is 1. The molecule has 0 atom stereocenters. The van der Waals surface area contributed by atoms with Gasteiger partial charge in [-0.1, -0.05) is 27.5 Å². The summed E-state index contributed by atoms with van der Waals surface area (Å²) in [6, 6.07) is 6.24. The van der Waals surface area contributed by atoms with Crippen LogP contribution in [0.3, 0.4) is 0 Å². The molecule has 2 aromatic carbocycles. The minimum Gasteiger partial charge on any atom is -0.478 e. The van der Waals surface area contributed by atoms with E-state index in [0.29, 0.717) is 10.2 Å². The minimum absolute atomic E-state index is 0.273. The summed E-state index contributed by atoms with van der Waals surface area (Å²) in [7, 11) is 0. The molecule has 0 spiro atoms. The van der Waals surface area contributed by atoms with E-state index in [4.69, 9.17) is 16.7 Å². The lowest BCUT2D eigenvalue weighted by Crippen LogP contribution is -2.03. The Hall–Kier alpha value is -1.66. The molecule has 104 valence electrons. The molecule has 0 aliphatic heterocycles. The van der Waals surface area contributed by atoms with Gasteiger partial charge in [-0.05, 0) is 30.3 Å². The molecule has 2 rings (SSSR count). The zero-order valence-corrected chi connectivity index (χ0v) is 12.1. The molecule has 0 heterocycles. The Bertz CT molecular complexity index is 671. The zero-order valence-electron chi connectivity index (χ0n) is 9.75. The molecule has 2 aromatic rings. The van der Waals surface area contributed by atoms with Crippen LogP contribution in [0.4, 0.5) is 20.2 Å². The van der Waals surface area contributed by atoms with E-state index in [-0.39, 0.29) is 5.02 Å². The molecule has 0 aliphatic carbocycles. The van der Waals surface area contributed by atoms with E-state index in [2.05, 4.69) is 21.2 Å². The molecule has 2 N–H and O–H groups in total. The average molecular weight is 363 g/mol. The first-order chi connectivity index (χ1) is 9.38. The zero-order chi connectivity index (χ0) is 14.9. The lowest BCUT2D eigenvalue weighted by molar-refractivity contribution is 0.0696. The standard InChI is InChI=1S/C13H7BrClF2NO2/c14-7-1-2-8(15)11(5-7)18-12-9(16)3-6(13(19)20)4-10(12)17/h1-5,18H,(H,19,20). The van der Waals surface area contributed by atoms with Crippen LogP contribution in [-0.4, -0.2) is 11.1 Å². The second kappa shape index (κ2) is 5.76.